The molecule has 1 aliphatic heterocycles. The molecule has 1 atom stereocenters. The molecule has 8 nitrogen and oxygen atoms in total. The third kappa shape index (κ3) is 3.60. The van der Waals surface area contributed by atoms with Crippen molar-refractivity contribution in [3.63, 3.8) is 0 Å². The summed E-state index contributed by atoms with van der Waals surface area (Å²) in [6.45, 7) is 0. The molecule has 3 aromatic rings. The Hall–Kier alpha value is -4.14. The van der Waals surface area contributed by atoms with Gasteiger partial charge < -0.3 is 20.5 Å². The molecule has 0 saturated heterocycles. The molecule has 152 valence electrons. The van der Waals surface area contributed by atoms with Gasteiger partial charge in [-0.3, -0.25) is 4.79 Å². The molecule has 0 spiro atoms. The van der Waals surface area contributed by atoms with Crippen molar-refractivity contribution in [2.24, 2.45) is 0 Å². The molecule has 30 heavy (non-hydrogen) atoms. The summed E-state index contributed by atoms with van der Waals surface area (Å²) < 4.78 is 19.9. The van der Waals surface area contributed by atoms with Crippen LogP contribution in [0.15, 0.2) is 66.5 Å². The minimum Gasteiger partial charge on any atom is -0.497 e. The molecule has 0 unspecified atom stereocenters. The number of carboxylic acids is 1. The molecule has 3 N–H and O–H groups in total. The van der Waals surface area contributed by atoms with Crippen molar-refractivity contribution in [2.75, 3.05) is 17.7 Å². The van der Waals surface area contributed by atoms with E-state index >= 15 is 0 Å². The number of nitrogens with zero attached hydrogens (tertiary/aromatic N) is 2. The summed E-state index contributed by atoms with van der Waals surface area (Å²) in [6.07, 6.45) is 2.82. The first-order valence-electron chi connectivity index (χ1n) is 8.97. The lowest BCUT2D eigenvalue weighted by molar-refractivity contribution is -0.132. The molecular formula is C21H17FN4O4. The van der Waals surface area contributed by atoms with Crippen molar-refractivity contribution in [3.05, 3.63) is 83.4 Å². The zero-order valence-electron chi connectivity index (χ0n) is 15.8. The average Bonchev–Trinajstić information content (AvgIpc) is 3.18. The normalized spacial score (nSPS) is 14.9. The predicted octanol–water partition coefficient (Wildman–Crippen LogP) is 3.27. The van der Waals surface area contributed by atoms with Gasteiger partial charge >= 0.3 is 5.97 Å². The molecular weight excluding hydrogens is 391 g/mol. The first-order valence-corrected chi connectivity index (χ1v) is 8.97. The smallest absolute Gasteiger partial charge is 0.352 e. The number of nitrogens with one attached hydrogen (secondary N) is 2. The van der Waals surface area contributed by atoms with Gasteiger partial charge in [-0.15, -0.1) is 0 Å². The van der Waals surface area contributed by atoms with Gasteiger partial charge in [0.25, 0.3) is 5.91 Å². The molecule has 2 heterocycles. The first-order chi connectivity index (χ1) is 14.5. The van der Waals surface area contributed by atoms with E-state index in [-0.39, 0.29) is 17.1 Å². The van der Waals surface area contributed by atoms with Crippen LogP contribution >= 0.6 is 0 Å². The van der Waals surface area contributed by atoms with E-state index in [0.717, 1.165) is 0 Å². The van der Waals surface area contributed by atoms with Crippen molar-refractivity contribution in [2.45, 2.75) is 6.04 Å². The van der Waals surface area contributed by atoms with Gasteiger partial charge in [-0.1, -0.05) is 12.1 Å². The molecule has 9 heteroatoms. The lowest BCUT2D eigenvalue weighted by Crippen LogP contribution is -2.25. The van der Waals surface area contributed by atoms with Gasteiger partial charge in [0.15, 0.2) is 0 Å². The second-order valence-electron chi connectivity index (χ2n) is 6.54. The average molecular weight is 408 g/mol. The van der Waals surface area contributed by atoms with Gasteiger partial charge in [0, 0.05) is 5.69 Å². The molecule has 2 aromatic carbocycles. The van der Waals surface area contributed by atoms with Crippen molar-refractivity contribution < 1.29 is 23.8 Å². The summed E-state index contributed by atoms with van der Waals surface area (Å²) in [6, 6.07) is 11.8. The predicted molar refractivity (Wildman–Crippen MR) is 107 cm³/mol. The minimum absolute atomic E-state index is 0.101. The fourth-order valence-electron chi connectivity index (χ4n) is 3.16. The molecule has 1 amide bonds. The Morgan fingerprint density at radius 2 is 1.87 bits per heavy atom. The number of halogens is 1. The molecule has 1 aromatic heterocycles. The van der Waals surface area contributed by atoms with Crippen molar-refractivity contribution in [3.8, 4) is 5.75 Å². The lowest BCUT2D eigenvalue weighted by atomic mass is 10.0. The van der Waals surface area contributed by atoms with Gasteiger partial charge in [-0.25, -0.2) is 13.9 Å². The van der Waals surface area contributed by atoms with Crippen LogP contribution in [0.1, 0.15) is 22.0 Å². The maximum Gasteiger partial charge on any atom is 0.352 e. The summed E-state index contributed by atoms with van der Waals surface area (Å²) in [5, 5.41) is 19.3. The summed E-state index contributed by atoms with van der Waals surface area (Å²) in [5.74, 6) is -1.17. The molecule has 4 rings (SSSR count). The molecule has 0 aliphatic carbocycles. The Balaban J connectivity index is 1.68. The number of carboxylic acid groups (broad SMARTS) is 1. The van der Waals surface area contributed by atoms with Crippen molar-refractivity contribution >= 4 is 23.4 Å². The van der Waals surface area contributed by atoms with E-state index in [1.165, 1.54) is 29.1 Å². The van der Waals surface area contributed by atoms with Crippen molar-refractivity contribution in [1.29, 1.82) is 0 Å². The summed E-state index contributed by atoms with van der Waals surface area (Å²) in [5.41, 5.74) is 1.24. The van der Waals surface area contributed by atoms with Crippen LogP contribution < -0.4 is 15.4 Å². The summed E-state index contributed by atoms with van der Waals surface area (Å²) in [4.78, 5) is 24.4. The Labute approximate surface area is 170 Å². The highest BCUT2D eigenvalue weighted by atomic mass is 19.1. The Kier molecular flexibility index (Phi) is 4.93. The number of amides is 1. The standard InChI is InChI=1S/C21H17FN4O4/c1-30-15-8-6-14(7-9-15)24-20(27)16-11-23-26-18(12-2-4-13(22)5-3-12)10-17(21(28)29)25-19(16)26/h2-11,18,25H,1H3,(H,24,27)(H,28,29)/t18-/m0/s1. The highest BCUT2D eigenvalue weighted by Crippen LogP contribution is 2.32. The molecule has 0 fully saturated rings. The number of ether oxygens (including phenoxy) is 1. The van der Waals surface area contributed by atoms with Crippen LogP contribution in [-0.2, 0) is 4.79 Å². The Bertz CT molecular complexity index is 1140. The number of methoxy groups -OCH3 is 1. The monoisotopic (exact) mass is 408 g/mol. The zero-order chi connectivity index (χ0) is 21.3. The second-order valence-corrected chi connectivity index (χ2v) is 6.54. The van der Waals surface area contributed by atoms with E-state index in [1.54, 1.807) is 43.5 Å². The van der Waals surface area contributed by atoms with E-state index in [9.17, 15) is 19.1 Å². The van der Waals surface area contributed by atoms with Crippen LogP contribution in [0.2, 0.25) is 0 Å². The topological polar surface area (TPSA) is 105 Å². The number of carbonyl (C=O) groups excluding carboxylic acids is 1. The molecule has 0 radical (unpaired) electrons. The SMILES string of the molecule is COc1ccc(NC(=O)c2cnn3c2NC(C(=O)O)=C[C@H]3c2ccc(F)cc2)cc1. The highest BCUT2D eigenvalue weighted by molar-refractivity contribution is 6.08. The lowest BCUT2D eigenvalue weighted by Gasteiger charge is -2.24. The Morgan fingerprint density at radius 3 is 2.50 bits per heavy atom. The van der Waals surface area contributed by atoms with E-state index < -0.39 is 23.7 Å². The number of allylic oxidation sites excluding steroid dienone is 1. The number of benzene rings is 2. The summed E-state index contributed by atoms with van der Waals surface area (Å²) >= 11 is 0. The minimum atomic E-state index is -1.18. The van der Waals surface area contributed by atoms with Crippen LogP contribution in [0.25, 0.3) is 0 Å². The maximum atomic E-state index is 13.3. The first kappa shape index (κ1) is 19.2. The van der Waals surface area contributed by atoms with Crippen molar-refractivity contribution in [1.82, 2.24) is 9.78 Å². The maximum absolute atomic E-state index is 13.3. The number of hydrogen-bond acceptors (Lipinski definition) is 5. The van der Waals surface area contributed by atoms with Gasteiger partial charge in [0.05, 0.1) is 19.3 Å². The number of carbonyl (C=O) groups is 2. The molecule has 0 saturated carbocycles. The number of rotatable bonds is 5. The number of aliphatic carboxylic acids is 1. The van der Waals surface area contributed by atoms with Crippen LogP contribution in [0.5, 0.6) is 5.75 Å². The third-order valence-corrected chi connectivity index (χ3v) is 4.67. The van der Waals surface area contributed by atoms with Gasteiger partial charge in [-0.2, -0.15) is 5.10 Å². The number of fused-ring (bicyclic) bond motifs is 1. The fourth-order valence-corrected chi connectivity index (χ4v) is 3.16. The Morgan fingerprint density at radius 1 is 1.17 bits per heavy atom. The van der Waals surface area contributed by atoms with E-state index in [0.29, 0.717) is 17.0 Å². The molecule has 1 aliphatic rings. The second kappa shape index (κ2) is 7.70. The number of hydrogen-bond donors (Lipinski definition) is 3. The molecule has 0 bridgehead atoms. The van der Waals surface area contributed by atoms with Crippen LogP contribution in [0.4, 0.5) is 15.9 Å². The fraction of sp³-hybridized carbons (Fsp3) is 0.0952. The van der Waals surface area contributed by atoms with Crippen LogP contribution in [-0.4, -0.2) is 33.9 Å². The van der Waals surface area contributed by atoms with Gasteiger partial charge in [0.1, 0.15) is 28.6 Å². The van der Waals surface area contributed by atoms with E-state index in [2.05, 4.69) is 15.7 Å². The van der Waals surface area contributed by atoms with Crippen LogP contribution in [0, 0.1) is 5.82 Å². The summed E-state index contributed by atoms with van der Waals surface area (Å²) in [7, 11) is 1.55. The van der Waals surface area contributed by atoms with Gasteiger partial charge in [0.2, 0.25) is 0 Å². The third-order valence-electron chi connectivity index (χ3n) is 4.67. The highest BCUT2D eigenvalue weighted by Gasteiger charge is 2.29. The van der Waals surface area contributed by atoms with E-state index in [1.807, 2.05) is 0 Å². The zero-order valence-corrected chi connectivity index (χ0v) is 15.8. The van der Waals surface area contributed by atoms with Crippen LogP contribution in [0.3, 0.4) is 0 Å². The number of anilines is 2. The van der Waals surface area contributed by atoms with E-state index in [4.69, 9.17) is 4.74 Å². The quantitative estimate of drug-likeness (QED) is 0.598. The van der Waals surface area contributed by atoms with Gasteiger partial charge in [-0.05, 0) is 48.0 Å². The largest absolute Gasteiger partial charge is 0.497 e. The number of aromatic nitrogens is 2.